The first-order chi connectivity index (χ1) is 14.8. The highest BCUT2D eigenvalue weighted by Gasteiger charge is 2.49. The van der Waals surface area contributed by atoms with Gasteiger partial charge in [-0.15, -0.1) is 0 Å². The first-order valence-electron chi connectivity index (χ1n) is 11.6. The molecule has 1 aromatic rings. The maximum atomic E-state index is 13.1. The SMILES string of the molecule is CCCCn1c(O)c(C(=N)N)c(=O)n(C2CCC3(CC2)CC(N2CC[C@@H](O)C2)C3)c1=O. The number of nitrogen functional groups attached to an aromatic ring is 1. The molecular formula is C22H35N5O4. The number of β-amino-alcohol motifs (C(OH)–C–C–N with tert-alkyl or cyclic N) is 1. The number of nitrogens with one attached hydrogen (secondary N) is 1. The van der Waals surface area contributed by atoms with E-state index < -0.39 is 23.0 Å². The third kappa shape index (κ3) is 3.93. The summed E-state index contributed by atoms with van der Waals surface area (Å²) in [5.41, 5.74) is 4.45. The summed E-state index contributed by atoms with van der Waals surface area (Å²) >= 11 is 0. The minimum Gasteiger partial charge on any atom is -0.494 e. The van der Waals surface area contributed by atoms with E-state index in [0.29, 0.717) is 19.0 Å². The third-order valence-electron chi connectivity index (χ3n) is 7.78. The van der Waals surface area contributed by atoms with Crippen molar-refractivity contribution in [2.45, 2.75) is 89.4 Å². The molecule has 4 rings (SSSR count). The van der Waals surface area contributed by atoms with E-state index >= 15 is 0 Å². The Morgan fingerprint density at radius 1 is 1.19 bits per heavy atom. The van der Waals surface area contributed by atoms with Crippen molar-refractivity contribution in [2.24, 2.45) is 11.1 Å². The molecule has 2 heterocycles. The molecule has 1 atom stereocenters. The van der Waals surface area contributed by atoms with Crippen LogP contribution in [0.15, 0.2) is 9.59 Å². The zero-order chi connectivity index (χ0) is 22.3. The van der Waals surface area contributed by atoms with E-state index in [1.807, 2.05) is 6.92 Å². The van der Waals surface area contributed by atoms with Gasteiger partial charge in [0.1, 0.15) is 11.4 Å². The van der Waals surface area contributed by atoms with Crippen molar-refractivity contribution in [1.29, 1.82) is 5.41 Å². The van der Waals surface area contributed by atoms with Crippen LogP contribution in [-0.4, -0.2) is 55.3 Å². The molecule has 1 aromatic heterocycles. The second-order valence-electron chi connectivity index (χ2n) is 9.81. The second kappa shape index (κ2) is 8.43. The number of hydrogen-bond acceptors (Lipinski definition) is 6. The molecule has 172 valence electrons. The Balaban J connectivity index is 1.52. The van der Waals surface area contributed by atoms with Gasteiger partial charge in [-0.05, 0) is 56.8 Å². The van der Waals surface area contributed by atoms with Gasteiger partial charge in [-0.3, -0.25) is 24.2 Å². The van der Waals surface area contributed by atoms with Crippen LogP contribution in [0.3, 0.4) is 0 Å². The van der Waals surface area contributed by atoms with Crippen LogP contribution < -0.4 is 17.0 Å². The zero-order valence-corrected chi connectivity index (χ0v) is 18.3. The van der Waals surface area contributed by atoms with Crippen LogP contribution in [0.1, 0.15) is 76.3 Å². The number of aliphatic hydroxyl groups is 1. The van der Waals surface area contributed by atoms with Crippen LogP contribution in [0, 0.1) is 10.8 Å². The van der Waals surface area contributed by atoms with Gasteiger partial charge in [0.05, 0.1) is 6.10 Å². The Morgan fingerprint density at radius 3 is 2.42 bits per heavy atom. The monoisotopic (exact) mass is 433 g/mol. The molecule has 5 N–H and O–H groups in total. The molecule has 0 radical (unpaired) electrons. The van der Waals surface area contributed by atoms with Crippen molar-refractivity contribution in [2.75, 3.05) is 13.1 Å². The number of nitrogens with zero attached hydrogens (tertiary/aromatic N) is 3. The standard InChI is InChI=1S/C22H35N5O4/c1-2-3-9-26-19(29)17(18(23)24)20(30)27(21(26)31)14-4-7-22(8-5-14)11-15(12-22)25-10-6-16(28)13-25/h14-16,28-29H,2-13H2,1H3,(H3,23,24)/t14?,15?,16-,22?/m1/s1. The van der Waals surface area contributed by atoms with Crippen molar-refractivity contribution in [3.63, 3.8) is 0 Å². The first kappa shape index (κ1) is 22.1. The van der Waals surface area contributed by atoms with Crippen LogP contribution in [0.25, 0.3) is 0 Å². The van der Waals surface area contributed by atoms with E-state index in [1.54, 1.807) is 0 Å². The van der Waals surface area contributed by atoms with Gasteiger partial charge in [0.15, 0.2) is 0 Å². The van der Waals surface area contributed by atoms with Gasteiger partial charge in [0, 0.05) is 31.7 Å². The van der Waals surface area contributed by atoms with Crippen LogP contribution in [-0.2, 0) is 6.54 Å². The number of rotatable bonds is 6. The lowest BCUT2D eigenvalue weighted by atomic mass is 9.57. The predicted octanol–water partition coefficient (Wildman–Crippen LogP) is 1.13. The third-order valence-corrected chi connectivity index (χ3v) is 7.78. The van der Waals surface area contributed by atoms with Crippen molar-refractivity contribution in [3.8, 4) is 5.88 Å². The molecule has 9 nitrogen and oxygen atoms in total. The fraction of sp³-hybridized carbons (Fsp3) is 0.773. The fourth-order valence-corrected chi connectivity index (χ4v) is 5.91. The van der Waals surface area contributed by atoms with E-state index in [4.69, 9.17) is 11.1 Å². The summed E-state index contributed by atoms with van der Waals surface area (Å²) in [6.07, 6.45) is 7.82. The van der Waals surface area contributed by atoms with Gasteiger partial charge >= 0.3 is 5.69 Å². The summed E-state index contributed by atoms with van der Waals surface area (Å²) < 4.78 is 2.44. The average Bonchev–Trinajstić information content (AvgIpc) is 3.12. The molecule has 3 fully saturated rings. The number of nitrogens with two attached hydrogens (primary N) is 1. The van der Waals surface area contributed by atoms with E-state index in [1.165, 1.54) is 9.13 Å². The first-order valence-corrected chi connectivity index (χ1v) is 11.6. The summed E-state index contributed by atoms with van der Waals surface area (Å²) in [6, 6.07) is 0.311. The van der Waals surface area contributed by atoms with E-state index in [2.05, 4.69) is 4.90 Å². The summed E-state index contributed by atoms with van der Waals surface area (Å²) in [4.78, 5) is 28.5. The lowest BCUT2D eigenvalue weighted by molar-refractivity contribution is -0.0291. The molecule has 2 aliphatic carbocycles. The molecule has 0 bridgehead atoms. The highest BCUT2D eigenvalue weighted by atomic mass is 16.3. The molecule has 0 aromatic carbocycles. The lowest BCUT2D eigenvalue weighted by Gasteiger charge is -2.54. The van der Waals surface area contributed by atoms with Crippen LogP contribution in [0.5, 0.6) is 5.88 Å². The summed E-state index contributed by atoms with van der Waals surface area (Å²) in [5.74, 6) is -1.00. The minimum absolute atomic E-state index is 0.195. The summed E-state index contributed by atoms with van der Waals surface area (Å²) in [7, 11) is 0. The van der Waals surface area contributed by atoms with Crippen LogP contribution in [0.2, 0.25) is 0 Å². The maximum Gasteiger partial charge on any atom is 0.334 e. The Kier molecular flexibility index (Phi) is 6.00. The average molecular weight is 434 g/mol. The Labute approximate surface area is 182 Å². The normalized spacial score (nSPS) is 31.1. The molecule has 0 amide bonds. The molecule has 31 heavy (non-hydrogen) atoms. The molecular weight excluding hydrogens is 398 g/mol. The van der Waals surface area contributed by atoms with E-state index in [-0.39, 0.29) is 23.1 Å². The van der Waals surface area contributed by atoms with Crippen molar-refractivity contribution in [1.82, 2.24) is 14.0 Å². The predicted molar refractivity (Wildman–Crippen MR) is 118 cm³/mol. The number of hydrogen-bond donors (Lipinski definition) is 4. The molecule has 2 saturated carbocycles. The van der Waals surface area contributed by atoms with Crippen molar-refractivity contribution in [3.05, 3.63) is 26.4 Å². The van der Waals surface area contributed by atoms with Gasteiger partial charge in [0.25, 0.3) is 5.56 Å². The van der Waals surface area contributed by atoms with Crippen LogP contribution in [0.4, 0.5) is 0 Å². The molecule has 9 heteroatoms. The van der Waals surface area contributed by atoms with Gasteiger partial charge in [-0.2, -0.15) is 0 Å². The number of aromatic hydroxyl groups is 1. The quantitative estimate of drug-likeness (QED) is 0.392. The largest absolute Gasteiger partial charge is 0.494 e. The number of amidine groups is 1. The van der Waals surface area contributed by atoms with Crippen LogP contribution >= 0.6 is 0 Å². The second-order valence-corrected chi connectivity index (χ2v) is 9.81. The topological polar surface area (TPSA) is 138 Å². The maximum absolute atomic E-state index is 13.1. The number of unbranched alkanes of at least 4 members (excludes halogenated alkanes) is 1. The molecule has 0 unspecified atom stereocenters. The summed E-state index contributed by atoms with van der Waals surface area (Å²) in [6.45, 7) is 4.02. The van der Waals surface area contributed by atoms with Gasteiger partial charge in [-0.1, -0.05) is 13.3 Å². The number of aromatic nitrogens is 2. The smallest absolute Gasteiger partial charge is 0.334 e. The Morgan fingerprint density at radius 2 is 1.87 bits per heavy atom. The lowest BCUT2D eigenvalue weighted by Crippen LogP contribution is -2.53. The molecule has 1 spiro atoms. The van der Waals surface area contributed by atoms with E-state index in [0.717, 1.165) is 64.5 Å². The van der Waals surface area contributed by atoms with Crippen molar-refractivity contribution < 1.29 is 10.2 Å². The fourth-order valence-electron chi connectivity index (χ4n) is 5.91. The van der Waals surface area contributed by atoms with Gasteiger partial charge in [0.2, 0.25) is 5.88 Å². The van der Waals surface area contributed by atoms with Crippen molar-refractivity contribution >= 4 is 5.84 Å². The highest BCUT2D eigenvalue weighted by molar-refractivity contribution is 5.96. The van der Waals surface area contributed by atoms with Gasteiger partial charge < -0.3 is 15.9 Å². The molecule has 1 saturated heterocycles. The summed E-state index contributed by atoms with van der Waals surface area (Å²) in [5, 5.41) is 28.0. The van der Waals surface area contributed by atoms with E-state index in [9.17, 15) is 19.8 Å². The molecule has 3 aliphatic rings. The molecule has 1 aliphatic heterocycles. The zero-order valence-electron chi connectivity index (χ0n) is 18.3. The minimum atomic E-state index is -0.652. The Bertz CT molecular complexity index is 952. The number of likely N-dealkylation sites (tertiary alicyclic amines) is 1. The van der Waals surface area contributed by atoms with Gasteiger partial charge in [-0.25, -0.2) is 4.79 Å². The highest BCUT2D eigenvalue weighted by Crippen LogP contribution is 2.55. The Hall–Kier alpha value is -2.13. The number of aliphatic hydroxyl groups excluding tert-OH is 1.